The van der Waals surface area contributed by atoms with Crippen LogP contribution in [0.4, 0.5) is 19.2 Å². The fourth-order valence-electron chi connectivity index (χ4n) is 3.69. The third kappa shape index (κ3) is 3.56. The van der Waals surface area contributed by atoms with Crippen molar-refractivity contribution in [2.45, 2.75) is 32.0 Å². The quantitative estimate of drug-likeness (QED) is 0.795. The number of nitrogens with zero attached hydrogens (tertiary/aromatic N) is 4. The van der Waals surface area contributed by atoms with E-state index in [-0.39, 0.29) is 31.2 Å². The Hall–Kier alpha value is -2.62. The molecule has 10 heteroatoms. The fraction of sp³-hybridized carbons (Fsp3) is 0.500. The lowest BCUT2D eigenvalue weighted by molar-refractivity contribution is -0.184. The van der Waals surface area contributed by atoms with E-state index in [1.165, 1.54) is 0 Å². The van der Waals surface area contributed by atoms with Gasteiger partial charge in [0.15, 0.2) is 0 Å². The number of hydrogen-bond acceptors (Lipinski definition) is 6. The second-order valence-electron chi connectivity index (χ2n) is 6.97. The fourth-order valence-corrected chi connectivity index (χ4v) is 3.69. The zero-order valence-electron chi connectivity index (χ0n) is 15.1. The van der Waals surface area contributed by atoms with E-state index in [1.54, 1.807) is 11.8 Å². The lowest BCUT2D eigenvalue weighted by atomic mass is 9.93. The molecule has 150 valence electrons. The summed E-state index contributed by atoms with van der Waals surface area (Å²) in [5.41, 5.74) is 0.289. The Morgan fingerprint density at radius 3 is 2.57 bits per heavy atom. The number of hydrogen-bond donors (Lipinski definition) is 0. The monoisotopic (exact) mass is 396 g/mol. The van der Waals surface area contributed by atoms with E-state index in [0.717, 1.165) is 23.3 Å². The Morgan fingerprint density at radius 1 is 1.18 bits per heavy atom. The van der Waals surface area contributed by atoms with Crippen LogP contribution in [0.25, 0.3) is 0 Å². The molecule has 1 unspecified atom stereocenters. The average Bonchev–Trinajstić information content (AvgIpc) is 3.29. The van der Waals surface area contributed by atoms with Gasteiger partial charge in [-0.3, -0.25) is 9.63 Å². The van der Waals surface area contributed by atoms with E-state index in [2.05, 4.69) is 10.2 Å². The largest absolute Gasteiger partial charge is 0.408 e. The molecule has 7 nitrogen and oxygen atoms in total. The summed E-state index contributed by atoms with van der Waals surface area (Å²) in [5, 5.41) is 8.66. The lowest BCUT2D eigenvalue weighted by Gasteiger charge is -2.35. The second-order valence-corrected chi connectivity index (χ2v) is 6.97. The number of benzene rings is 1. The number of hydroxylamine groups is 2. The molecule has 4 rings (SSSR count). The van der Waals surface area contributed by atoms with Crippen molar-refractivity contribution < 1.29 is 27.2 Å². The molecule has 3 atom stereocenters. The Balaban J connectivity index is 1.47. The van der Waals surface area contributed by atoms with Crippen molar-refractivity contribution in [3.63, 3.8) is 0 Å². The highest BCUT2D eigenvalue weighted by molar-refractivity contribution is 5.79. The summed E-state index contributed by atoms with van der Waals surface area (Å²) < 4.78 is 47.2. The molecule has 0 spiro atoms. The van der Waals surface area contributed by atoms with Gasteiger partial charge in [0.1, 0.15) is 17.8 Å². The molecule has 2 aliphatic heterocycles. The van der Waals surface area contributed by atoms with Crippen molar-refractivity contribution in [1.29, 1.82) is 0 Å². The van der Waals surface area contributed by atoms with Crippen LogP contribution in [0, 0.1) is 24.5 Å². The summed E-state index contributed by atoms with van der Waals surface area (Å²) >= 11 is 0. The maximum atomic E-state index is 14.8. The summed E-state index contributed by atoms with van der Waals surface area (Å²) in [6, 6.07) is 2.66. The first-order chi connectivity index (χ1) is 13.4. The zero-order valence-corrected chi connectivity index (χ0v) is 15.1. The number of aromatic nitrogens is 2. The lowest BCUT2D eigenvalue weighted by Crippen LogP contribution is -2.48. The van der Waals surface area contributed by atoms with Gasteiger partial charge in [-0.05, 0) is 24.1 Å². The zero-order chi connectivity index (χ0) is 19.8. The van der Waals surface area contributed by atoms with Crippen LogP contribution >= 0.6 is 0 Å². The van der Waals surface area contributed by atoms with Gasteiger partial charge in [-0.1, -0.05) is 5.10 Å². The van der Waals surface area contributed by atoms with Crippen molar-refractivity contribution in [3.8, 4) is 0 Å². The molecule has 0 radical (unpaired) electrons. The van der Waals surface area contributed by atoms with Crippen LogP contribution in [-0.2, 0) is 9.63 Å². The van der Waals surface area contributed by atoms with Gasteiger partial charge in [-0.2, -0.15) is 0 Å². The van der Waals surface area contributed by atoms with Crippen molar-refractivity contribution in [2.75, 3.05) is 24.6 Å². The summed E-state index contributed by atoms with van der Waals surface area (Å²) in [7, 11) is 0. The number of halogens is 3. The number of anilines is 1. The standard InChI is InChI=1S/C18H19F3N4O3/c1-10-22-23-18(28-10)24-4-2-14(15(21)9-24)17(26)25-16(3-5-27-25)11-6-12(19)8-13(20)7-11/h6-8,14-16H,2-5,9H2,1H3/t14-,15+,16?/m0/s1. The van der Waals surface area contributed by atoms with Crippen LogP contribution < -0.4 is 4.90 Å². The number of amides is 1. The van der Waals surface area contributed by atoms with E-state index in [0.29, 0.717) is 18.9 Å². The van der Waals surface area contributed by atoms with Gasteiger partial charge in [0.2, 0.25) is 5.89 Å². The average molecular weight is 396 g/mol. The van der Waals surface area contributed by atoms with Gasteiger partial charge in [0, 0.05) is 26.0 Å². The highest BCUT2D eigenvalue weighted by Gasteiger charge is 2.42. The summed E-state index contributed by atoms with van der Waals surface area (Å²) in [5.74, 6) is -2.54. The normalized spacial score (nSPS) is 25.4. The van der Waals surface area contributed by atoms with Crippen LogP contribution in [0.15, 0.2) is 22.6 Å². The maximum Gasteiger partial charge on any atom is 0.318 e. The van der Waals surface area contributed by atoms with Gasteiger partial charge in [-0.25, -0.2) is 18.2 Å². The topological polar surface area (TPSA) is 71.7 Å². The molecule has 2 fully saturated rings. The van der Waals surface area contributed by atoms with Crippen molar-refractivity contribution in [2.24, 2.45) is 5.92 Å². The van der Waals surface area contributed by atoms with Crippen LogP contribution in [0.3, 0.4) is 0 Å². The minimum Gasteiger partial charge on any atom is -0.408 e. The van der Waals surface area contributed by atoms with E-state index in [9.17, 15) is 18.0 Å². The first-order valence-electron chi connectivity index (χ1n) is 9.03. The van der Waals surface area contributed by atoms with Crippen LogP contribution in [0.1, 0.15) is 30.3 Å². The SMILES string of the molecule is Cc1nnc(N2CC[C@H](C(=O)N3OCCC3c3cc(F)cc(F)c3)[C@H](F)C2)o1. The Morgan fingerprint density at radius 2 is 1.93 bits per heavy atom. The Bertz CT molecular complexity index is 857. The van der Waals surface area contributed by atoms with Gasteiger partial charge in [0.25, 0.3) is 5.91 Å². The number of aryl methyl sites for hydroxylation is 1. The van der Waals surface area contributed by atoms with Crippen molar-refractivity contribution in [3.05, 3.63) is 41.3 Å². The smallest absolute Gasteiger partial charge is 0.318 e. The van der Waals surface area contributed by atoms with Gasteiger partial charge in [0.05, 0.1) is 25.1 Å². The highest BCUT2D eigenvalue weighted by Crippen LogP contribution is 2.35. The number of alkyl halides is 1. The van der Waals surface area contributed by atoms with Gasteiger partial charge < -0.3 is 9.32 Å². The molecule has 0 aliphatic carbocycles. The predicted molar refractivity (Wildman–Crippen MR) is 90.8 cm³/mol. The minimum absolute atomic E-state index is 0.0643. The predicted octanol–water partition coefficient (Wildman–Crippen LogP) is 2.73. The number of rotatable bonds is 3. The molecular weight excluding hydrogens is 377 g/mol. The molecule has 0 N–H and O–H groups in total. The molecule has 1 aromatic carbocycles. The first kappa shape index (κ1) is 18.7. The molecule has 1 aromatic heterocycles. The molecule has 28 heavy (non-hydrogen) atoms. The number of carbonyl (C=O) groups is 1. The van der Waals surface area contributed by atoms with Crippen LogP contribution in [0.2, 0.25) is 0 Å². The highest BCUT2D eigenvalue weighted by atomic mass is 19.1. The van der Waals surface area contributed by atoms with Crippen LogP contribution in [-0.4, -0.2) is 47.0 Å². The van der Waals surface area contributed by atoms with E-state index in [4.69, 9.17) is 9.25 Å². The molecular formula is C18H19F3N4O3. The molecule has 2 saturated heterocycles. The third-order valence-electron chi connectivity index (χ3n) is 5.04. The molecule has 1 amide bonds. The number of carbonyl (C=O) groups excluding carboxylic acids is 1. The second kappa shape index (κ2) is 7.42. The summed E-state index contributed by atoms with van der Waals surface area (Å²) in [4.78, 5) is 19.9. The maximum absolute atomic E-state index is 14.8. The summed E-state index contributed by atoms with van der Waals surface area (Å²) in [6.07, 6.45) is -0.862. The molecule has 0 saturated carbocycles. The Labute approximate surface area is 159 Å². The van der Waals surface area contributed by atoms with E-state index >= 15 is 0 Å². The van der Waals surface area contributed by atoms with E-state index < -0.39 is 35.7 Å². The Kier molecular flexibility index (Phi) is 4.96. The molecule has 0 bridgehead atoms. The van der Waals surface area contributed by atoms with Crippen LogP contribution in [0.5, 0.6) is 0 Å². The van der Waals surface area contributed by atoms with E-state index in [1.807, 2.05) is 0 Å². The minimum atomic E-state index is -1.47. The van der Waals surface area contributed by atoms with Gasteiger partial charge in [-0.15, -0.1) is 5.10 Å². The van der Waals surface area contributed by atoms with Gasteiger partial charge >= 0.3 is 6.01 Å². The van der Waals surface area contributed by atoms with Crippen molar-refractivity contribution in [1.82, 2.24) is 15.3 Å². The number of piperidine rings is 1. The third-order valence-corrected chi connectivity index (χ3v) is 5.04. The summed E-state index contributed by atoms with van der Waals surface area (Å²) in [6.45, 7) is 2.15. The first-order valence-corrected chi connectivity index (χ1v) is 9.03. The molecule has 3 heterocycles. The molecule has 2 aliphatic rings. The molecule has 2 aromatic rings. The van der Waals surface area contributed by atoms with Crippen molar-refractivity contribution >= 4 is 11.9 Å².